The lowest BCUT2D eigenvalue weighted by Gasteiger charge is -2.57. The van der Waals surface area contributed by atoms with Crippen LogP contribution in [0.5, 0.6) is 0 Å². The Morgan fingerprint density at radius 2 is 1.75 bits per heavy atom. The van der Waals surface area contributed by atoms with E-state index in [4.69, 9.17) is 4.74 Å². The minimum absolute atomic E-state index is 0.547. The lowest BCUT2D eigenvalue weighted by molar-refractivity contribution is -0.0551. The molecule has 4 bridgehead atoms. The van der Waals surface area contributed by atoms with E-state index >= 15 is 0 Å². The molecule has 1 N–H and O–H groups in total. The van der Waals surface area contributed by atoms with Crippen molar-refractivity contribution < 1.29 is 4.74 Å². The summed E-state index contributed by atoms with van der Waals surface area (Å²) in [6.07, 6.45) is 8.67. The molecule has 5 heterocycles. The van der Waals surface area contributed by atoms with Crippen molar-refractivity contribution in [2.45, 2.75) is 68.8 Å². The highest BCUT2D eigenvalue weighted by molar-refractivity contribution is 5.05. The number of piperidine rings is 4. The third-order valence-corrected chi connectivity index (χ3v) is 5.07. The summed E-state index contributed by atoms with van der Waals surface area (Å²) in [5.41, 5.74) is 0. The average Bonchev–Trinajstić information content (AvgIpc) is 2.75. The van der Waals surface area contributed by atoms with Crippen LogP contribution in [0.1, 0.15) is 38.5 Å². The predicted molar refractivity (Wildman–Crippen MR) is 62.4 cm³/mol. The molecule has 0 radical (unpaired) electrons. The van der Waals surface area contributed by atoms with Crippen LogP contribution in [0.15, 0.2) is 0 Å². The minimum Gasteiger partial charge on any atom is -0.377 e. The molecule has 5 fully saturated rings. The molecule has 0 aromatic rings. The third-order valence-electron chi connectivity index (χ3n) is 5.07. The van der Waals surface area contributed by atoms with Gasteiger partial charge in [0.05, 0.1) is 6.10 Å². The second kappa shape index (κ2) is 3.69. The van der Waals surface area contributed by atoms with Crippen molar-refractivity contribution in [3.63, 3.8) is 0 Å². The molecule has 0 aromatic heterocycles. The first-order valence-electron chi connectivity index (χ1n) is 7.02. The maximum Gasteiger partial charge on any atom is 0.0703 e. The Morgan fingerprint density at radius 1 is 1.06 bits per heavy atom. The molecular formula is C13H22N2O. The fourth-order valence-corrected chi connectivity index (χ4v) is 4.47. The fraction of sp³-hybridized carbons (Fsp3) is 1.00. The Kier molecular flexibility index (Phi) is 2.27. The van der Waals surface area contributed by atoms with Crippen LogP contribution in [0.4, 0.5) is 0 Å². The summed E-state index contributed by atoms with van der Waals surface area (Å²) in [5.74, 6) is 0. The highest BCUT2D eigenvalue weighted by atomic mass is 16.5. The van der Waals surface area contributed by atoms with Crippen LogP contribution < -0.4 is 5.32 Å². The molecule has 5 rings (SSSR count). The van der Waals surface area contributed by atoms with Crippen LogP contribution >= 0.6 is 0 Å². The molecule has 0 saturated carbocycles. The molecule has 0 aromatic carbocycles. The van der Waals surface area contributed by atoms with Crippen LogP contribution in [0, 0.1) is 0 Å². The summed E-state index contributed by atoms with van der Waals surface area (Å²) < 4.78 is 5.80. The largest absolute Gasteiger partial charge is 0.377 e. The maximum atomic E-state index is 5.80. The number of nitrogens with one attached hydrogen (secondary N) is 1. The number of hydrogen-bond donors (Lipinski definition) is 1. The van der Waals surface area contributed by atoms with Gasteiger partial charge in [0, 0.05) is 37.3 Å². The highest BCUT2D eigenvalue weighted by Crippen LogP contribution is 2.39. The number of nitrogens with zero attached hydrogens (tertiary/aromatic N) is 1. The molecule has 1 unspecified atom stereocenters. The monoisotopic (exact) mass is 222 g/mol. The van der Waals surface area contributed by atoms with Crippen molar-refractivity contribution in [1.82, 2.24) is 10.2 Å². The quantitative estimate of drug-likeness (QED) is 0.758. The van der Waals surface area contributed by atoms with E-state index in [0.29, 0.717) is 6.10 Å². The van der Waals surface area contributed by atoms with Crippen molar-refractivity contribution in [3.8, 4) is 0 Å². The SMILES string of the molecule is C1COC(CN2C3CC4CC2CC(C3)N4)C1. The van der Waals surface area contributed by atoms with Gasteiger partial charge in [-0.3, -0.25) is 4.90 Å². The summed E-state index contributed by atoms with van der Waals surface area (Å²) in [6.45, 7) is 2.22. The van der Waals surface area contributed by atoms with E-state index in [1.54, 1.807) is 0 Å². The van der Waals surface area contributed by atoms with Crippen LogP contribution in [-0.2, 0) is 4.74 Å². The van der Waals surface area contributed by atoms with Gasteiger partial charge in [0.1, 0.15) is 0 Å². The van der Waals surface area contributed by atoms with Crippen LogP contribution in [0.3, 0.4) is 0 Å². The van der Waals surface area contributed by atoms with E-state index in [1.165, 1.54) is 45.1 Å². The molecule has 3 heteroatoms. The topological polar surface area (TPSA) is 24.5 Å². The first-order valence-corrected chi connectivity index (χ1v) is 7.02. The van der Waals surface area contributed by atoms with Crippen LogP contribution in [0.25, 0.3) is 0 Å². The van der Waals surface area contributed by atoms with Gasteiger partial charge in [0.15, 0.2) is 0 Å². The third kappa shape index (κ3) is 1.52. The Morgan fingerprint density at radius 3 is 2.31 bits per heavy atom. The Labute approximate surface area is 97.5 Å². The zero-order valence-corrected chi connectivity index (χ0v) is 9.90. The van der Waals surface area contributed by atoms with Crippen molar-refractivity contribution in [2.24, 2.45) is 0 Å². The fourth-order valence-electron chi connectivity index (χ4n) is 4.47. The van der Waals surface area contributed by atoms with E-state index < -0.39 is 0 Å². The van der Waals surface area contributed by atoms with Gasteiger partial charge in [-0.15, -0.1) is 0 Å². The van der Waals surface area contributed by atoms with Crippen LogP contribution in [-0.4, -0.2) is 48.3 Å². The molecule has 3 nitrogen and oxygen atoms in total. The van der Waals surface area contributed by atoms with Crippen molar-refractivity contribution in [1.29, 1.82) is 0 Å². The molecule has 0 aliphatic carbocycles. The zero-order chi connectivity index (χ0) is 10.5. The van der Waals surface area contributed by atoms with Gasteiger partial charge in [-0.1, -0.05) is 0 Å². The maximum absolute atomic E-state index is 5.80. The van der Waals surface area contributed by atoms with Crippen molar-refractivity contribution >= 4 is 0 Å². The van der Waals surface area contributed by atoms with Gasteiger partial charge < -0.3 is 10.1 Å². The summed E-state index contributed by atoms with van der Waals surface area (Å²) in [6, 6.07) is 3.41. The predicted octanol–water partition coefficient (Wildman–Crippen LogP) is 1.13. The van der Waals surface area contributed by atoms with Gasteiger partial charge >= 0.3 is 0 Å². The molecule has 1 atom stereocenters. The summed E-state index contributed by atoms with van der Waals surface area (Å²) in [5, 5.41) is 3.77. The summed E-state index contributed by atoms with van der Waals surface area (Å²) in [7, 11) is 0. The molecule has 5 aliphatic rings. The lowest BCUT2D eigenvalue weighted by atomic mass is 9.74. The Balaban J connectivity index is 1.47. The van der Waals surface area contributed by atoms with Gasteiger partial charge in [-0.05, 0) is 38.5 Å². The molecule has 5 saturated heterocycles. The van der Waals surface area contributed by atoms with E-state index in [2.05, 4.69) is 10.2 Å². The Bertz CT molecular complexity index is 247. The number of hydrogen-bond acceptors (Lipinski definition) is 3. The standard InChI is InChI=1S/C13H22N2O/c1-2-13(16-3-1)8-15-11-4-9-5-12(15)7-10(6-11)14-9/h9-14H,1-8H2. The van der Waals surface area contributed by atoms with Gasteiger partial charge in [-0.25, -0.2) is 0 Å². The second-order valence-electron chi connectivity index (χ2n) is 6.14. The highest BCUT2D eigenvalue weighted by Gasteiger charge is 2.47. The molecule has 16 heavy (non-hydrogen) atoms. The van der Waals surface area contributed by atoms with Crippen LogP contribution in [0.2, 0.25) is 0 Å². The summed E-state index contributed by atoms with van der Waals surface area (Å²) >= 11 is 0. The normalized spacial score (nSPS) is 51.4. The van der Waals surface area contributed by atoms with E-state index in [1.807, 2.05) is 0 Å². The van der Waals surface area contributed by atoms with Gasteiger partial charge in [0.2, 0.25) is 0 Å². The minimum atomic E-state index is 0.547. The smallest absolute Gasteiger partial charge is 0.0703 e. The van der Waals surface area contributed by atoms with Gasteiger partial charge in [0.25, 0.3) is 0 Å². The molecule has 5 aliphatic heterocycles. The molecule has 0 amide bonds. The zero-order valence-electron chi connectivity index (χ0n) is 9.90. The average molecular weight is 222 g/mol. The first kappa shape index (κ1) is 9.86. The van der Waals surface area contributed by atoms with Gasteiger partial charge in [-0.2, -0.15) is 0 Å². The molecule has 90 valence electrons. The molecular weight excluding hydrogens is 200 g/mol. The first-order chi connectivity index (χ1) is 7.88. The van der Waals surface area contributed by atoms with E-state index in [-0.39, 0.29) is 0 Å². The van der Waals surface area contributed by atoms with E-state index in [0.717, 1.165) is 30.8 Å². The summed E-state index contributed by atoms with van der Waals surface area (Å²) in [4.78, 5) is 2.80. The Hall–Kier alpha value is -0.120. The second-order valence-corrected chi connectivity index (χ2v) is 6.14. The molecule has 0 spiro atoms. The number of ether oxygens (including phenoxy) is 1. The van der Waals surface area contributed by atoms with Crippen molar-refractivity contribution in [2.75, 3.05) is 13.2 Å². The number of rotatable bonds is 2. The van der Waals surface area contributed by atoms with Crippen molar-refractivity contribution in [3.05, 3.63) is 0 Å². The van der Waals surface area contributed by atoms with E-state index in [9.17, 15) is 0 Å². The lowest BCUT2D eigenvalue weighted by Crippen LogP contribution is -2.68.